The minimum Gasteiger partial charge on any atom is -0.374 e. The first-order valence-electron chi connectivity index (χ1n) is 6.23. The molecule has 2 atom stereocenters. The Hall–Kier alpha value is -1.35. The SMILES string of the molecule is C[C@H]1Cn2nc(Br)cc2-c2cnc([C@@](C)(O)C(F)(F)F)n21. The second-order valence-corrected chi connectivity index (χ2v) is 6.10. The summed E-state index contributed by atoms with van der Waals surface area (Å²) in [7, 11) is 0. The Morgan fingerprint density at radius 1 is 1.38 bits per heavy atom. The van der Waals surface area contributed by atoms with E-state index in [1.165, 1.54) is 10.8 Å². The lowest BCUT2D eigenvalue weighted by atomic mass is 10.0. The van der Waals surface area contributed by atoms with Gasteiger partial charge in [-0.1, -0.05) is 0 Å². The smallest absolute Gasteiger partial charge is 0.374 e. The van der Waals surface area contributed by atoms with E-state index in [0.717, 1.165) is 6.92 Å². The summed E-state index contributed by atoms with van der Waals surface area (Å²) in [6, 6.07) is 1.41. The lowest BCUT2D eigenvalue weighted by molar-refractivity contribution is -0.262. The number of nitrogens with zero attached hydrogens (tertiary/aromatic N) is 4. The first-order chi connectivity index (χ1) is 9.63. The normalized spacial score (nSPS) is 20.8. The van der Waals surface area contributed by atoms with E-state index in [1.54, 1.807) is 17.7 Å². The van der Waals surface area contributed by atoms with Crippen molar-refractivity contribution in [2.24, 2.45) is 0 Å². The molecule has 0 radical (unpaired) electrons. The quantitative estimate of drug-likeness (QED) is 0.846. The maximum Gasteiger partial charge on any atom is 0.424 e. The predicted octanol–water partition coefficient (Wildman–Crippen LogP) is 2.85. The number of aliphatic hydroxyl groups is 1. The topological polar surface area (TPSA) is 55.9 Å². The molecule has 3 rings (SSSR count). The summed E-state index contributed by atoms with van der Waals surface area (Å²) in [6.45, 7) is 2.89. The van der Waals surface area contributed by atoms with Crippen LogP contribution in [0.2, 0.25) is 0 Å². The Balaban J connectivity index is 2.20. The molecule has 0 amide bonds. The fourth-order valence-corrected chi connectivity index (χ4v) is 2.95. The summed E-state index contributed by atoms with van der Waals surface area (Å²) in [5.41, 5.74) is -1.83. The van der Waals surface area contributed by atoms with Gasteiger partial charge < -0.3 is 9.67 Å². The molecule has 9 heteroatoms. The third-order valence-electron chi connectivity index (χ3n) is 3.67. The van der Waals surface area contributed by atoms with E-state index in [0.29, 0.717) is 22.5 Å². The van der Waals surface area contributed by atoms with Crippen molar-refractivity contribution < 1.29 is 18.3 Å². The number of alkyl halides is 3. The van der Waals surface area contributed by atoms with Gasteiger partial charge in [0.1, 0.15) is 4.60 Å². The van der Waals surface area contributed by atoms with E-state index in [9.17, 15) is 18.3 Å². The van der Waals surface area contributed by atoms with Crippen LogP contribution >= 0.6 is 15.9 Å². The van der Waals surface area contributed by atoms with Crippen molar-refractivity contribution in [1.82, 2.24) is 19.3 Å². The number of hydrogen-bond donors (Lipinski definition) is 1. The van der Waals surface area contributed by atoms with Crippen molar-refractivity contribution in [1.29, 1.82) is 0 Å². The van der Waals surface area contributed by atoms with Gasteiger partial charge >= 0.3 is 6.18 Å². The molecule has 0 fully saturated rings. The molecule has 21 heavy (non-hydrogen) atoms. The van der Waals surface area contributed by atoms with Crippen LogP contribution in [-0.2, 0) is 12.1 Å². The molecule has 1 aliphatic rings. The molecule has 0 unspecified atom stereocenters. The third-order valence-corrected chi connectivity index (χ3v) is 4.06. The zero-order chi connectivity index (χ0) is 15.6. The molecule has 2 aromatic rings. The van der Waals surface area contributed by atoms with Crippen molar-refractivity contribution in [3.8, 4) is 11.4 Å². The van der Waals surface area contributed by atoms with Gasteiger partial charge in [-0.3, -0.25) is 4.68 Å². The highest BCUT2D eigenvalue weighted by Gasteiger charge is 2.55. The lowest BCUT2D eigenvalue weighted by Gasteiger charge is -2.31. The summed E-state index contributed by atoms with van der Waals surface area (Å²) in [6.07, 6.45) is -3.46. The van der Waals surface area contributed by atoms with Crippen LogP contribution in [0.1, 0.15) is 25.7 Å². The number of aromatic nitrogens is 4. The second kappa shape index (κ2) is 4.33. The lowest BCUT2D eigenvalue weighted by Crippen LogP contribution is -2.42. The molecule has 0 bridgehead atoms. The molecule has 2 aromatic heterocycles. The van der Waals surface area contributed by atoms with Gasteiger partial charge in [0.05, 0.1) is 30.2 Å². The zero-order valence-electron chi connectivity index (χ0n) is 11.2. The first-order valence-corrected chi connectivity index (χ1v) is 7.02. The van der Waals surface area contributed by atoms with Crippen molar-refractivity contribution in [2.75, 3.05) is 0 Å². The molecule has 0 aromatic carbocycles. The first kappa shape index (κ1) is 14.6. The van der Waals surface area contributed by atoms with E-state index in [2.05, 4.69) is 26.0 Å². The fourth-order valence-electron chi connectivity index (χ4n) is 2.55. The molecule has 1 aliphatic heterocycles. The van der Waals surface area contributed by atoms with Crippen LogP contribution in [0.3, 0.4) is 0 Å². The van der Waals surface area contributed by atoms with Crippen LogP contribution in [0, 0.1) is 0 Å². The largest absolute Gasteiger partial charge is 0.424 e. The molecular formula is C12H12BrF3N4O. The average molecular weight is 365 g/mol. The standard InChI is InChI=1S/C12H12BrF3N4O/c1-6-5-19-7(3-9(13)18-19)8-4-17-10(20(6)8)11(2,21)12(14,15)16/h3-4,6,21H,5H2,1-2H3/t6-,11+/m0/s1. The maximum absolute atomic E-state index is 13.1. The zero-order valence-corrected chi connectivity index (χ0v) is 12.8. The number of hydrogen-bond acceptors (Lipinski definition) is 3. The molecule has 0 spiro atoms. The van der Waals surface area contributed by atoms with E-state index < -0.39 is 17.6 Å². The summed E-state index contributed by atoms with van der Waals surface area (Å²) < 4.78 is 42.9. The van der Waals surface area contributed by atoms with E-state index >= 15 is 0 Å². The maximum atomic E-state index is 13.1. The summed E-state index contributed by atoms with van der Waals surface area (Å²) in [5.74, 6) is -0.402. The van der Waals surface area contributed by atoms with Crippen molar-refractivity contribution in [3.05, 3.63) is 22.7 Å². The monoisotopic (exact) mass is 364 g/mol. The molecule has 3 heterocycles. The number of fused-ring (bicyclic) bond motifs is 3. The van der Waals surface area contributed by atoms with E-state index in [4.69, 9.17) is 0 Å². The minimum atomic E-state index is -4.80. The van der Waals surface area contributed by atoms with Gasteiger partial charge in [0.25, 0.3) is 0 Å². The summed E-state index contributed by atoms with van der Waals surface area (Å²) in [5, 5.41) is 14.1. The predicted molar refractivity (Wildman–Crippen MR) is 71.5 cm³/mol. The highest BCUT2D eigenvalue weighted by molar-refractivity contribution is 9.10. The van der Waals surface area contributed by atoms with Crippen LogP contribution in [0.5, 0.6) is 0 Å². The van der Waals surface area contributed by atoms with Crippen molar-refractivity contribution in [3.63, 3.8) is 0 Å². The van der Waals surface area contributed by atoms with Crippen LogP contribution in [0.15, 0.2) is 16.9 Å². The molecular weight excluding hydrogens is 353 g/mol. The Labute approximate surface area is 126 Å². The van der Waals surface area contributed by atoms with Gasteiger partial charge in [-0.15, -0.1) is 0 Å². The van der Waals surface area contributed by atoms with E-state index in [1.807, 2.05) is 0 Å². The van der Waals surface area contributed by atoms with Crippen LogP contribution < -0.4 is 0 Å². The summed E-state index contributed by atoms with van der Waals surface area (Å²) >= 11 is 3.25. The Morgan fingerprint density at radius 2 is 2.05 bits per heavy atom. The van der Waals surface area contributed by atoms with Crippen molar-refractivity contribution in [2.45, 2.75) is 38.2 Å². The van der Waals surface area contributed by atoms with Crippen LogP contribution in [0.4, 0.5) is 13.2 Å². The molecule has 114 valence electrons. The molecule has 0 saturated heterocycles. The van der Waals surface area contributed by atoms with Crippen LogP contribution in [-0.4, -0.2) is 30.6 Å². The van der Waals surface area contributed by atoms with Gasteiger partial charge in [-0.05, 0) is 29.8 Å². The highest BCUT2D eigenvalue weighted by atomic mass is 79.9. The second-order valence-electron chi connectivity index (χ2n) is 5.29. The molecule has 0 aliphatic carbocycles. The Bertz CT molecular complexity index is 704. The number of rotatable bonds is 1. The molecule has 1 N–H and O–H groups in total. The summed E-state index contributed by atoms with van der Waals surface area (Å²) in [4.78, 5) is 3.83. The fraction of sp³-hybridized carbons (Fsp3) is 0.500. The Kier molecular flexibility index (Phi) is 3.00. The third kappa shape index (κ3) is 2.02. The van der Waals surface area contributed by atoms with Gasteiger partial charge in [-0.2, -0.15) is 18.3 Å². The van der Waals surface area contributed by atoms with Gasteiger partial charge in [0.15, 0.2) is 5.82 Å². The number of imidazole rings is 1. The molecule has 0 saturated carbocycles. The average Bonchev–Trinajstić information content (AvgIpc) is 2.90. The molecule has 5 nitrogen and oxygen atoms in total. The number of halogens is 4. The minimum absolute atomic E-state index is 0.300. The van der Waals surface area contributed by atoms with Gasteiger partial charge in [-0.25, -0.2) is 4.98 Å². The van der Waals surface area contributed by atoms with Gasteiger partial charge in [0, 0.05) is 6.07 Å². The van der Waals surface area contributed by atoms with E-state index in [-0.39, 0.29) is 6.04 Å². The highest BCUT2D eigenvalue weighted by Crippen LogP contribution is 2.42. The van der Waals surface area contributed by atoms with Gasteiger partial charge in [0.2, 0.25) is 5.60 Å². The van der Waals surface area contributed by atoms with Crippen molar-refractivity contribution >= 4 is 15.9 Å². The Morgan fingerprint density at radius 3 is 2.67 bits per heavy atom. The van der Waals surface area contributed by atoms with Crippen LogP contribution in [0.25, 0.3) is 11.4 Å².